The number of esters is 1. The fraction of sp³-hybridized carbons (Fsp3) is 0.583. The zero-order valence-corrected chi connectivity index (χ0v) is 19.4. The van der Waals surface area contributed by atoms with Gasteiger partial charge in [0, 0.05) is 13.1 Å². The number of H-pyrrole nitrogens is 1. The Kier molecular flexibility index (Phi) is 8.93. The van der Waals surface area contributed by atoms with Crippen LogP contribution < -0.4 is 11.2 Å². The van der Waals surface area contributed by atoms with E-state index in [0.717, 1.165) is 13.1 Å². The second kappa shape index (κ2) is 10.6. The number of aliphatic hydroxyl groups is 2. The van der Waals surface area contributed by atoms with E-state index in [1.165, 1.54) is 0 Å². The summed E-state index contributed by atoms with van der Waals surface area (Å²) in [5, 5.41) is 19.6. The van der Waals surface area contributed by atoms with Crippen molar-refractivity contribution in [1.82, 2.24) is 9.55 Å². The molecule has 0 bridgehead atoms. The molecule has 1 aromatic heterocycles. The minimum Gasteiger partial charge on any atom is -0.455 e. The predicted molar refractivity (Wildman–Crippen MR) is 103 cm³/mol. The van der Waals surface area contributed by atoms with Crippen LogP contribution >= 0.6 is 23.5 Å². The van der Waals surface area contributed by atoms with Crippen molar-refractivity contribution in [2.24, 2.45) is 0 Å². The molecule has 7 N–H and O–H groups in total. The smallest absolute Gasteiger partial charge is 0.455 e. The lowest BCUT2D eigenvalue weighted by atomic mass is 10.1. The van der Waals surface area contributed by atoms with Crippen molar-refractivity contribution in [3.8, 4) is 0 Å². The Bertz CT molecular complexity index is 1170. The highest BCUT2D eigenvalue weighted by Crippen LogP contribution is 2.66. The number of phosphoric ester groups is 1. The summed E-state index contributed by atoms with van der Waals surface area (Å²) in [6, 6.07) is 0. The quantitative estimate of drug-likeness (QED) is 0.116. The molecule has 2 rings (SSSR count). The Hall–Kier alpha value is -1.56. The average Bonchev–Trinajstić information content (AvgIpc) is 2.92. The molecule has 34 heavy (non-hydrogen) atoms. The van der Waals surface area contributed by atoms with Crippen LogP contribution in [0.25, 0.3) is 0 Å². The fourth-order valence-corrected chi connectivity index (χ4v) is 5.73. The van der Waals surface area contributed by atoms with E-state index in [4.69, 9.17) is 24.2 Å². The first-order valence-electron chi connectivity index (χ1n) is 8.69. The average molecular weight is 556 g/mol. The van der Waals surface area contributed by atoms with Gasteiger partial charge in [0.15, 0.2) is 12.3 Å². The summed E-state index contributed by atoms with van der Waals surface area (Å²) in [4.78, 5) is 72.8. The molecular formula is C12H19N2O17P3. The Morgan fingerprint density at radius 1 is 1.15 bits per heavy atom. The Balaban J connectivity index is 2.25. The first kappa shape index (κ1) is 28.7. The highest BCUT2D eigenvalue weighted by atomic mass is 31.3. The van der Waals surface area contributed by atoms with Gasteiger partial charge in [-0.05, 0) is 0 Å². The van der Waals surface area contributed by atoms with Gasteiger partial charge < -0.3 is 39.3 Å². The van der Waals surface area contributed by atoms with E-state index in [1.54, 1.807) is 0 Å². The van der Waals surface area contributed by atoms with Crippen molar-refractivity contribution in [1.29, 1.82) is 0 Å². The number of aromatic amines is 1. The summed E-state index contributed by atoms with van der Waals surface area (Å²) in [6.45, 7) is -0.985. The van der Waals surface area contributed by atoms with Crippen LogP contribution in [0.2, 0.25) is 0 Å². The molecule has 1 aliphatic heterocycles. The number of nitrogens with zero attached hydrogens (tertiary/aromatic N) is 1. The predicted octanol–water partition coefficient (Wildman–Crippen LogP) is -2.44. The molecule has 0 spiro atoms. The van der Waals surface area contributed by atoms with Crippen LogP contribution in [0, 0.1) is 0 Å². The highest BCUT2D eigenvalue weighted by Gasteiger charge is 2.49. The van der Waals surface area contributed by atoms with E-state index < -0.39 is 78.4 Å². The van der Waals surface area contributed by atoms with Crippen molar-refractivity contribution in [3.05, 3.63) is 32.6 Å². The maximum Gasteiger partial charge on any atom is 0.490 e. The fourth-order valence-electron chi connectivity index (χ4n) is 2.70. The van der Waals surface area contributed by atoms with Crippen LogP contribution in [0.5, 0.6) is 0 Å². The second-order valence-corrected chi connectivity index (χ2v) is 10.9. The number of aliphatic hydroxyl groups excluding tert-OH is 2. The Morgan fingerprint density at radius 3 is 2.29 bits per heavy atom. The number of phosphoric acid groups is 3. The number of carbonyl (C=O) groups excluding carboxylic acids is 1. The molecule has 1 fully saturated rings. The summed E-state index contributed by atoms with van der Waals surface area (Å²) < 4.78 is 56.2. The van der Waals surface area contributed by atoms with Gasteiger partial charge in [-0.15, -0.1) is 0 Å². The molecule has 0 radical (unpaired) electrons. The van der Waals surface area contributed by atoms with E-state index in [1.807, 2.05) is 4.98 Å². The van der Waals surface area contributed by atoms with Crippen LogP contribution in [-0.4, -0.2) is 70.2 Å². The van der Waals surface area contributed by atoms with Crippen molar-refractivity contribution in [2.75, 3.05) is 6.61 Å². The molecule has 1 saturated heterocycles. The van der Waals surface area contributed by atoms with E-state index in [2.05, 4.69) is 13.1 Å². The Labute approximate surface area is 187 Å². The summed E-state index contributed by atoms with van der Waals surface area (Å²) in [5.74, 6) is -0.953. The molecule has 19 nitrogen and oxygen atoms in total. The van der Waals surface area contributed by atoms with Crippen molar-refractivity contribution >= 4 is 29.4 Å². The maximum absolute atomic E-state index is 12.2. The van der Waals surface area contributed by atoms with E-state index in [0.29, 0.717) is 4.57 Å². The molecular weight excluding hydrogens is 537 g/mol. The normalized spacial score (nSPS) is 26.6. The van der Waals surface area contributed by atoms with Crippen molar-refractivity contribution < 1.29 is 70.9 Å². The lowest BCUT2D eigenvalue weighted by Gasteiger charge is -2.21. The molecule has 1 aromatic rings. The molecule has 1 aliphatic rings. The van der Waals surface area contributed by atoms with Crippen LogP contribution in [0.15, 0.2) is 15.8 Å². The number of ether oxygens (including phenoxy) is 2. The van der Waals surface area contributed by atoms with Gasteiger partial charge in [-0.1, -0.05) is 0 Å². The van der Waals surface area contributed by atoms with Crippen LogP contribution in [0.1, 0.15) is 18.7 Å². The van der Waals surface area contributed by atoms with E-state index >= 15 is 0 Å². The summed E-state index contributed by atoms with van der Waals surface area (Å²) in [6.07, 6.45) is -5.97. The molecule has 0 aromatic carbocycles. The second-order valence-electron chi connectivity index (χ2n) is 6.50. The van der Waals surface area contributed by atoms with Crippen LogP contribution in [0.4, 0.5) is 0 Å². The molecule has 194 valence electrons. The number of carbonyl (C=O) groups is 1. The lowest BCUT2D eigenvalue weighted by molar-refractivity contribution is -0.156. The summed E-state index contributed by atoms with van der Waals surface area (Å²) >= 11 is 0. The number of aromatic nitrogens is 2. The zero-order valence-electron chi connectivity index (χ0n) is 16.8. The third-order valence-corrected chi connectivity index (χ3v) is 7.72. The zero-order chi connectivity index (χ0) is 26.1. The Morgan fingerprint density at radius 2 is 1.76 bits per heavy atom. The monoisotopic (exact) mass is 556 g/mol. The maximum atomic E-state index is 12.2. The SMILES string of the molecule is CC(=O)OC1C(O)[C@@H](COP(=O)(O)OP(=O)(O)OP(=O)(O)O)O[C@H]1n1cc(CO)c(=O)[nH]c1=O. The van der Waals surface area contributed by atoms with E-state index in [-0.39, 0.29) is 5.56 Å². The molecule has 2 heterocycles. The van der Waals surface area contributed by atoms with Gasteiger partial charge in [0.1, 0.15) is 12.2 Å². The third kappa shape index (κ3) is 7.73. The van der Waals surface area contributed by atoms with E-state index in [9.17, 15) is 43.2 Å². The van der Waals surface area contributed by atoms with Gasteiger partial charge in [-0.3, -0.25) is 23.7 Å². The van der Waals surface area contributed by atoms with Crippen molar-refractivity contribution in [3.63, 3.8) is 0 Å². The molecule has 6 atom stereocenters. The van der Waals surface area contributed by atoms with Crippen LogP contribution in [0.3, 0.4) is 0 Å². The molecule has 4 unspecified atom stereocenters. The summed E-state index contributed by atoms with van der Waals surface area (Å²) in [5.41, 5.74) is -2.35. The van der Waals surface area contributed by atoms with Gasteiger partial charge in [0.05, 0.1) is 18.8 Å². The van der Waals surface area contributed by atoms with Crippen molar-refractivity contribution in [2.45, 2.75) is 38.1 Å². The van der Waals surface area contributed by atoms with Crippen LogP contribution in [-0.2, 0) is 47.7 Å². The highest BCUT2D eigenvalue weighted by molar-refractivity contribution is 7.66. The topological polar surface area (TPSA) is 291 Å². The molecule has 0 amide bonds. The van der Waals surface area contributed by atoms with Gasteiger partial charge >= 0.3 is 35.1 Å². The molecule has 22 heteroatoms. The molecule has 0 aliphatic carbocycles. The lowest BCUT2D eigenvalue weighted by Crippen LogP contribution is -2.41. The number of hydrogen-bond donors (Lipinski definition) is 7. The van der Waals surface area contributed by atoms with Gasteiger partial charge in [-0.2, -0.15) is 8.62 Å². The minimum atomic E-state index is -5.80. The van der Waals surface area contributed by atoms with Gasteiger partial charge in [-0.25, -0.2) is 18.5 Å². The first-order chi connectivity index (χ1) is 15.4. The molecule has 0 saturated carbocycles. The largest absolute Gasteiger partial charge is 0.490 e. The number of rotatable bonds is 10. The first-order valence-corrected chi connectivity index (χ1v) is 13.2. The minimum absolute atomic E-state index is 0.309. The number of hydrogen-bond acceptors (Lipinski definition) is 13. The standard InChI is InChI=1S/C12H19N2O17P3/c1-5(16)28-9-8(17)7(4-27-33(23,24)31-34(25,26)30-32(20,21)22)29-11(9)14-2-6(3-15)10(18)13-12(14)19/h2,7-9,11,15,17H,3-4H2,1H3,(H,23,24)(H,25,26)(H,13,18,19)(H2,20,21,22)/t7-,8?,9?,11-/m1/s1. The van der Waals surface area contributed by atoms with Gasteiger partial charge in [0.25, 0.3) is 5.56 Å². The number of nitrogens with one attached hydrogen (secondary N) is 1. The summed E-state index contributed by atoms with van der Waals surface area (Å²) in [7, 11) is -17.0. The third-order valence-electron chi connectivity index (χ3n) is 3.92. The van der Waals surface area contributed by atoms with Gasteiger partial charge in [0.2, 0.25) is 0 Å².